The molecule has 1 saturated heterocycles. The van der Waals surface area contributed by atoms with Gasteiger partial charge < -0.3 is 29.3 Å². The Morgan fingerprint density at radius 2 is 1.78 bits per heavy atom. The van der Waals surface area contributed by atoms with Crippen molar-refractivity contribution in [1.82, 2.24) is 9.80 Å². The number of benzene rings is 1. The zero-order chi connectivity index (χ0) is 25.8. The average molecular weight is 502 g/mol. The highest BCUT2D eigenvalue weighted by atomic mass is 16.5. The van der Waals surface area contributed by atoms with Crippen LogP contribution in [0.5, 0.6) is 5.75 Å². The Morgan fingerprint density at radius 3 is 2.44 bits per heavy atom. The van der Waals surface area contributed by atoms with Crippen molar-refractivity contribution in [2.75, 3.05) is 52.4 Å². The van der Waals surface area contributed by atoms with Crippen LogP contribution in [0.25, 0.3) is 0 Å². The molecule has 4 rings (SSSR count). The van der Waals surface area contributed by atoms with Crippen LogP contribution in [0.2, 0.25) is 0 Å². The van der Waals surface area contributed by atoms with Gasteiger partial charge in [0.1, 0.15) is 12.4 Å². The number of nitrogens with one attached hydrogen (secondary N) is 1. The van der Waals surface area contributed by atoms with Crippen molar-refractivity contribution in [3.05, 3.63) is 23.8 Å². The third kappa shape index (κ3) is 6.18. The molecule has 0 radical (unpaired) electrons. The molecule has 3 aliphatic rings. The van der Waals surface area contributed by atoms with E-state index in [9.17, 15) is 14.4 Å². The number of hydrogen-bond acceptors (Lipinski definition) is 6. The Labute approximate surface area is 213 Å². The van der Waals surface area contributed by atoms with Gasteiger partial charge in [-0.3, -0.25) is 14.4 Å². The zero-order valence-electron chi connectivity index (χ0n) is 21.8. The van der Waals surface area contributed by atoms with Gasteiger partial charge in [0.05, 0.1) is 17.7 Å². The molecule has 1 N–H and O–H groups in total. The molecule has 0 aromatic heterocycles. The average Bonchev–Trinajstić information content (AvgIpc) is 3.74. The lowest BCUT2D eigenvalue weighted by Crippen LogP contribution is -2.50. The lowest BCUT2D eigenvalue weighted by atomic mass is 9.95. The lowest BCUT2D eigenvalue weighted by molar-refractivity contribution is -0.143. The maximum atomic E-state index is 13.6. The smallest absolute Gasteiger partial charge is 0.257 e. The molecule has 2 heterocycles. The monoisotopic (exact) mass is 501 g/mol. The number of nitrogens with zero attached hydrogens (tertiary/aromatic N) is 2. The van der Waals surface area contributed by atoms with Gasteiger partial charge in [0, 0.05) is 70.0 Å². The van der Waals surface area contributed by atoms with Gasteiger partial charge in [-0.25, -0.2) is 0 Å². The highest BCUT2D eigenvalue weighted by Gasteiger charge is 2.34. The predicted molar refractivity (Wildman–Crippen MR) is 135 cm³/mol. The second-order valence-corrected chi connectivity index (χ2v) is 10.4. The van der Waals surface area contributed by atoms with Gasteiger partial charge in [0.15, 0.2) is 0 Å². The van der Waals surface area contributed by atoms with Crippen LogP contribution in [0.3, 0.4) is 0 Å². The van der Waals surface area contributed by atoms with E-state index in [0.717, 1.165) is 25.7 Å². The van der Waals surface area contributed by atoms with E-state index < -0.39 is 0 Å². The maximum absolute atomic E-state index is 13.6. The van der Waals surface area contributed by atoms with Gasteiger partial charge in [0.2, 0.25) is 11.8 Å². The number of ether oxygens (including phenoxy) is 3. The molecule has 0 unspecified atom stereocenters. The molecular weight excluding hydrogens is 462 g/mol. The molecule has 36 heavy (non-hydrogen) atoms. The van der Waals surface area contributed by atoms with Crippen molar-refractivity contribution in [2.24, 2.45) is 17.8 Å². The van der Waals surface area contributed by atoms with Gasteiger partial charge >= 0.3 is 0 Å². The van der Waals surface area contributed by atoms with E-state index in [4.69, 9.17) is 14.2 Å². The fraction of sp³-hybridized carbons (Fsp3) is 0.667. The van der Waals surface area contributed by atoms with Gasteiger partial charge in [-0.15, -0.1) is 0 Å². The van der Waals surface area contributed by atoms with Crippen LogP contribution >= 0.6 is 0 Å². The van der Waals surface area contributed by atoms with Crippen molar-refractivity contribution < 1.29 is 28.6 Å². The van der Waals surface area contributed by atoms with Crippen LogP contribution in [-0.2, 0) is 19.1 Å². The molecule has 3 amide bonds. The third-order valence-corrected chi connectivity index (χ3v) is 7.52. The number of rotatable bonds is 4. The SMILES string of the molecule is CO[C@@H]1CN(C)C(=O)c2ccc(NC(=O)C3CC3)cc2OC[C@H](C)N(C(=O)C2CCOCC2)C[C@H]1C. The number of fused-ring (bicyclic) bond motifs is 1. The minimum Gasteiger partial charge on any atom is -0.491 e. The molecule has 198 valence electrons. The van der Waals surface area contributed by atoms with E-state index in [-0.39, 0.29) is 54.2 Å². The van der Waals surface area contributed by atoms with Crippen LogP contribution in [-0.4, -0.2) is 86.7 Å². The Bertz CT molecular complexity index is 959. The quantitative estimate of drug-likeness (QED) is 0.682. The van der Waals surface area contributed by atoms with Gasteiger partial charge in [-0.05, 0) is 44.7 Å². The summed E-state index contributed by atoms with van der Waals surface area (Å²) < 4.78 is 17.4. The summed E-state index contributed by atoms with van der Waals surface area (Å²) in [5.41, 5.74) is 1.01. The minimum atomic E-state index is -0.239. The Hall–Kier alpha value is -2.65. The summed E-state index contributed by atoms with van der Waals surface area (Å²) >= 11 is 0. The number of anilines is 1. The molecule has 1 aromatic rings. The Kier molecular flexibility index (Phi) is 8.51. The largest absolute Gasteiger partial charge is 0.491 e. The molecule has 9 heteroatoms. The molecule has 0 bridgehead atoms. The van der Waals surface area contributed by atoms with Crippen LogP contribution in [0, 0.1) is 17.8 Å². The standard InChI is InChI=1S/C27H39N3O6/c1-17-14-30(26(32)20-9-11-35-12-10-20)18(2)16-36-23-13-21(28-25(31)19-5-6-19)7-8-22(23)27(33)29(3)15-24(17)34-4/h7-8,13,17-20,24H,5-6,9-12,14-16H2,1-4H3,(H,28,31)/t17-,18+,24-/m1/s1. The number of likely N-dealkylation sites (N-methyl/N-ethyl adjacent to an activating group) is 1. The summed E-state index contributed by atoms with van der Waals surface area (Å²) in [6.07, 6.45) is 3.01. The van der Waals surface area contributed by atoms with E-state index in [2.05, 4.69) is 12.2 Å². The van der Waals surface area contributed by atoms with E-state index in [1.807, 2.05) is 11.8 Å². The van der Waals surface area contributed by atoms with Crippen LogP contribution in [0.1, 0.15) is 49.9 Å². The molecule has 9 nitrogen and oxygen atoms in total. The summed E-state index contributed by atoms with van der Waals surface area (Å²) in [5, 5.41) is 2.93. The Morgan fingerprint density at radius 1 is 1.06 bits per heavy atom. The first-order valence-corrected chi connectivity index (χ1v) is 13.0. The summed E-state index contributed by atoms with van der Waals surface area (Å²) in [6.45, 7) is 6.34. The highest BCUT2D eigenvalue weighted by molar-refractivity contribution is 5.99. The summed E-state index contributed by atoms with van der Waals surface area (Å²) in [7, 11) is 3.39. The molecular formula is C27H39N3O6. The second-order valence-electron chi connectivity index (χ2n) is 10.4. The molecule has 3 atom stereocenters. The van der Waals surface area contributed by atoms with E-state index in [1.165, 1.54) is 0 Å². The van der Waals surface area contributed by atoms with Crippen molar-refractivity contribution in [3.63, 3.8) is 0 Å². The summed E-state index contributed by atoms with van der Waals surface area (Å²) in [6, 6.07) is 4.93. The second kappa shape index (κ2) is 11.6. The molecule has 1 aliphatic carbocycles. The summed E-state index contributed by atoms with van der Waals surface area (Å²) in [4.78, 5) is 42.8. The number of amides is 3. The van der Waals surface area contributed by atoms with E-state index in [0.29, 0.717) is 43.3 Å². The number of methoxy groups -OCH3 is 1. The molecule has 1 aromatic carbocycles. The first-order valence-electron chi connectivity index (χ1n) is 13.0. The highest BCUT2D eigenvalue weighted by Crippen LogP contribution is 2.32. The Balaban J connectivity index is 1.62. The van der Waals surface area contributed by atoms with Crippen LogP contribution < -0.4 is 10.1 Å². The lowest BCUT2D eigenvalue weighted by Gasteiger charge is -2.38. The van der Waals surface area contributed by atoms with Crippen molar-refractivity contribution >= 4 is 23.4 Å². The van der Waals surface area contributed by atoms with Crippen molar-refractivity contribution in [1.29, 1.82) is 0 Å². The number of hydrogen-bond donors (Lipinski definition) is 1. The number of carbonyl (C=O) groups excluding carboxylic acids is 3. The zero-order valence-corrected chi connectivity index (χ0v) is 21.8. The topological polar surface area (TPSA) is 97.4 Å². The summed E-state index contributed by atoms with van der Waals surface area (Å²) in [5.74, 6) is 0.334. The predicted octanol–water partition coefficient (Wildman–Crippen LogP) is 2.79. The normalized spacial score (nSPS) is 26.3. The fourth-order valence-electron chi connectivity index (χ4n) is 4.93. The van der Waals surface area contributed by atoms with Crippen molar-refractivity contribution in [2.45, 2.75) is 51.7 Å². The molecule has 0 spiro atoms. The van der Waals surface area contributed by atoms with Gasteiger partial charge in [-0.2, -0.15) is 0 Å². The fourth-order valence-corrected chi connectivity index (χ4v) is 4.93. The van der Waals surface area contributed by atoms with Crippen LogP contribution in [0.4, 0.5) is 5.69 Å². The number of carbonyl (C=O) groups is 3. The van der Waals surface area contributed by atoms with Gasteiger partial charge in [0.25, 0.3) is 5.91 Å². The molecule has 2 aliphatic heterocycles. The van der Waals surface area contributed by atoms with E-state index >= 15 is 0 Å². The first-order chi connectivity index (χ1) is 17.3. The maximum Gasteiger partial charge on any atom is 0.257 e. The molecule has 1 saturated carbocycles. The minimum absolute atomic E-state index is 0.00919. The molecule has 2 fully saturated rings. The van der Waals surface area contributed by atoms with E-state index in [1.54, 1.807) is 37.3 Å². The first kappa shape index (κ1) is 26.4. The van der Waals surface area contributed by atoms with Crippen LogP contribution in [0.15, 0.2) is 18.2 Å². The van der Waals surface area contributed by atoms with Gasteiger partial charge in [-0.1, -0.05) is 6.92 Å². The van der Waals surface area contributed by atoms with Crippen molar-refractivity contribution in [3.8, 4) is 5.75 Å². The third-order valence-electron chi connectivity index (χ3n) is 7.52.